The van der Waals surface area contributed by atoms with Crippen LogP contribution < -0.4 is 10.2 Å². The maximum Gasteiger partial charge on any atom is 0.277 e. The molecule has 2 N–H and O–H groups in total. The van der Waals surface area contributed by atoms with Crippen LogP contribution in [0.15, 0.2) is 65.9 Å². The van der Waals surface area contributed by atoms with E-state index in [0.717, 1.165) is 10.9 Å². The third-order valence-corrected chi connectivity index (χ3v) is 3.25. The Hall–Kier alpha value is -3.41. The second kappa shape index (κ2) is 7.23. The van der Waals surface area contributed by atoms with E-state index in [-0.39, 0.29) is 18.3 Å². The molecule has 6 nitrogen and oxygen atoms in total. The minimum absolute atomic E-state index is 0.164. The van der Waals surface area contributed by atoms with Gasteiger partial charge in [-0.2, -0.15) is 5.10 Å². The first-order valence-corrected chi connectivity index (χ1v) is 7.30. The van der Waals surface area contributed by atoms with Crippen molar-refractivity contribution in [3.63, 3.8) is 0 Å². The third kappa shape index (κ3) is 3.86. The number of para-hydroxylation sites is 1. The number of phenolic OH excluding ortho intramolecular Hbond substituents is 1. The summed E-state index contributed by atoms with van der Waals surface area (Å²) in [4.78, 5) is 16.0. The topological polar surface area (TPSA) is 83.8 Å². The van der Waals surface area contributed by atoms with E-state index in [4.69, 9.17) is 4.74 Å². The van der Waals surface area contributed by atoms with Gasteiger partial charge in [-0.25, -0.2) is 5.43 Å². The highest BCUT2D eigenvalue weighted by Crippen LogP contribution is 2.22. The molecule has 1 amide bonds. The number of nitrogens with one attached hydrogen (secondary N) is 1. The van der Waals surface area contributed by atoms with Crippen LogP contribution in [0.2, 0.25) is 0 Å². The number of rotatable bonds is 5. The molecule has 0 saturated carbocycles. The molecule has 0 saturated heterocycles. The number of pyridine rings is 1. The number of nitrogens with zero attached hydrogens (tertiary/aromatic N) is 2. The van der Waals surface area contributed by atoms with Crippen LogP contribution in [0.1, 0.15) is 5.56 Å². The minimum atomic E-state index is -0.377. The smallest absolute Gasteiger partial charge is 0.277 e. The molecular weight excluding hydrogens is 306 g/mol. The molecule has 2 aromatic carbocycles. The molecule has 6 heteroatoms. The molecule has 1 heterocycles. The lowest BCUT2D eigenvalue weighted by molar-refractivity contribution is -0.123. The Morgan fingerprint density at radius 1 is 1.17 bits per heavy atom. The van der Waals surface area contributed by atoms with Gasteiger partial charge in [0.15, 0.2) is 6.61 Å². The summed E-state index contributed by atoms with van der Waals surface area (Å²) in [5.74, 6) is 0.344. The third-order valence-electron chi connectivity index (χ3n) is 3.25. The molecular formula is C18H15N3O3. The summed E-state index contributed by atoms with van der Waals surface area (Å²) < 4.78 is 5.52. The monoisotopic (exact) mass is 321 g/mol. The quantitative estimate of drug-likeness (QED) is 0.558. The maximum atomic E-state index is 11.8. The van der Waals surface area contributed by atoms with Gasteiger partial charge in [0, 0.05) is 11.6 Å². The Kier molecular flexibility index (Phi) is 4.67. The summed E-state index contributed by atoms with van der Waals surface area (Å²) >= 11 is 0. The lowest BCUT2D eigenvalue weighted by atomic mass is 10.2. The van der Waals surface area contributed by atoms with Gasteiger partial charge in [-0.3, -0.25) is 9.78 Å². The number of amides is 1. The van der Waals surface area contributed by atoms with E-state index in [9.17, 15) is 9.90 Å². The molecule has 0 aliphatic heterocycles. The Morgan fingerprint density at radius 2 is 1.96 bits per heavy atom. The first kappa shape index (κ1) is 15.5. The number of benzene rings is 2. The van der Waals surface area contributed by atoms with Crippen molar-refractivity contribution in [2.75, 3.05) is 6.61 Å². The number of hydrazone groups is 1. The lowest BCUT2D eigenvalue weighted by Gasteiger charge is -2.07. The van der Waals surface area contributed by atoms with E-state index >= 15 is 0 Å². The highest BCUT2D eigenvalue weighted by molar-refractivity contribution is 5.85. The Labute approximate surface area is 138 Å². The molecule has 0 atom stereocenters. The number of hydrogen-bond acceptors (Lipinski definition) is 5. The van der Waals surface area contributed by atoms with Crippen molar-refractivity contribution < 1.29 is 14.6 Å². The van der Waals surface area contributed by atoms with Crippen LogP contribution >= 0.6 is 0 Å². The number of phenols is 1. The molecule has 0 aliphatic carbocycles. The fraction of sp³-hybridized carbons (Fsp3) is 0.0556. The summed E-state index contributed by atoms with van der Waals surface area (Å²) in [6.07, 6.45) is 3.16. The van der Waals surface area contributed by atoms with Crippen LogP contribution in [0, 0.1) is 0 Å². The average Bonchev–Trinajstić information content (AvgIpc) is 2.61. The van der Waals surface area contributed by atoms with Crippen LogP contribution in [0.3, 0.4) is 0 Å². The first-order valence-electron chi connectivity index (χ1n) is 7.30. The predicted octanol–water partition coefficient (Wildman–Crippen LogP) is 2.47. The fourth-order valence-electron chi connectivity index (χ4n) is 2.11. The summed E-state index contributed by atoms with van der Waals surface area (Å²) in [5.41, 5.74) is 3.85. The van der Waals surface area contributed by atoms with Crippen LogP contribution in [-0.2, 0) is 4.79 Å². The van der Waals surface area contributed by atoms with E-state index < -0.39 is 0 Å². The van der Waals surface area contributed by atoms with E-state index in [1.165, 1.54) is 6.21 Å². The second-order valence-corrected chi connectivity index (χ2v) is 5.00. The van der Waals surface area contributed by atoms with Gasteiger partial charge >= 0.3 is 0 Å². The van der Waals surface area contributed by atoms with Crippen LogP contribution in [-0.4, -0.2) is 28.8 Å². The number of aromatic hydroxyl groups is 1. The van der Waals surface area contributed by atoms with E-state index in [1.807, 2.05) is 24.3 Å². The average molecular weight is 321 g/mol. The number of hydrogen-bond donors (Lipinski definition) is 2. The minimum Gasteiger partial charge on any atom is -0.508 e. The van der Waals surface area contributed by atoms with Gasteiger partial charge in [-0.15, -0.1) is 0 Å². The summed E-state index contributed by atoms with van der Waals surface area (Å²) in [6, 6.07) is 15.8. The van der Waals surface area contributed by atoms with Crippen molar-refractivity contribution in [1.29, 1.82) is 0 Å². The van der Waals surface area contributed by atoms with Crippen LogP contribution in [0.25, 0.3) is 10.9 Å². The van der Waals surface area contributed by atoms with Crippen molar-refractivity contribution in [1.82, 2.24) is 10.4 Å². The number of carbonyl (C=O) groups excluding carboxylic acids is 1. The van der Waals surface area contributed by atoms with Crippen LogP contribution in [0.4, 0.5) is 0 Å². The Balaban J connectivity index is 1.56. The second-order valence-electron chi connectivity index (χ2n) is 5.00. The molecule has 0 unspecified atom stereocenters. The Morgan fingerprint density at radius 3 is 2.79 bits per heavy atom. The zero-order valence-electron chi connectivity index (χ0n) is 12.7. The molecule has 1 aromatic heterocycles. The number of fused-ring (bicyclic) bond motifs is 1. The Bertz CT molecular complexity index is 871. The van der Waals surface area contributed by atoms with E-state index in [2.05, 4.69) is 15.5 Å². The molecule has 0 aliphatic rings. The summed E-state index contributed by atoms with van der Waals surface area (Å²) in [5, 5.41) is 14.0. The normalized spacial score (nSPS) is 10.8. The van der Waals surface area contributed by atoms with Crippen molar-refractivity contribution >= 4 is 23.0 Å². The van der Waals surface area contributed by atoms with Crippen LogP contribution in [0.5, 0.6) is 11.5 Å². The zero-order chi connectivity index (χ0) is 16.8. The number of carbonyl (C=O) groups is 1. The van der Waals surface area contributed by atoms with Crippen molar-refractivity contribution in [2.45, 2.75) is 0 Å². The predicted molar refractivity (Wildman–Crippen MR) is 91.1 cm³/mol. The van der Waals surface area contributed by atoms with Gasteiger partial charge in [0.1, 0.15) is 17.0 Å². The molecule has 0 bridgehead atoms. The molecule has 3 rings (SSSR count). The van der Waals surface area contributed by atoms with E-state index in [0.29, 0.717) is 11.3 Å². The summed E-state index contributed by atoms with van der Waals surface area (Å²) in [7, 11) is 0. The SMILES string of the molecule is O=C(COc1cccc2cccnc12)N/N=C/c1ccc(O)cc1. The zero-order valence-corrected chi connectivity index (χ0v) is 12.7. The molecule has 24 heavy (non-hydrogen) atoms. The highest BCUT2D eigenvalue weighted by atomic mass is 16.5. The molecule has 120 valence electrons. The molecule has 3 aromatic rings. The number of ether oxygens (including phenoxy) is 1. The van der Waals surface area contributed by atoms with Crippen molar-refractivity contribution in [3.05, 3.63) is 66.4 Å². The van der Waals surface area contributed by atoms with Gasteiger partial charge in [0.2, 0.25) is 0 Å². The van der Waals surface area contributed by atoms with Gasteiger partial charge in [-0.05, 0) is 42.0 Å². The fourth-order valence-corrected chi connectivity index (χ4v) is 2.11. The summed E-state index contributed by atoms with van der Waals surface area (Å²) in [6.45, 7) is -0.164. The standard InChI is InChI=1S/C18H15N3O3/c22-15-8-6-13(7-9-15)11-20-21-17(23)12-24-16-5-1-3-14-4-2-10-19-18(14)16/h1-11,22H,12H2,(H,21,23)/b20-11+. The van der Waals surface area contributed by atoms with Gasteiger partial charge in [-0.1, -0.05) is 18.2 Å². The van der Waals surface area contributed by atoms with Crippen molar-refractivity contribution in [3.8, 4) is 11.5 Å². The maximum absolute atomic E-state index is 11.8. The largest absolute Gasteiger partial charge is 0.508 e. The molecule has 0 fully saturated rings. The van der Waals surface area contributed by atoms with Gasteiger partial charge < -0.3 is 9.84 Å². The van der Waals surface area contributed by atoms with Crippen molar-refractivity contribution in [2.24, 2.45) is 5.10 Å². The molecule has 0 spiro atoms. The highest BCUT2D eigenvalue weighted by Gasteiger charge is 2.05. The first-order chi connectivity index (χ1) is 11.7. The molecule has 0 radical (unpaired) electrons. The lowest BCUT2D eigenvalue weighted by Crippen LogP contribution is -2.24. The van der Waals surface area contributed by atoms with E-state index in [1.54, 1.807) is 36.5 Å². The van der Waals surface area contributed by atoms with Gasteiger partial charge in [0.05, 0.1) is 6.21 Å². The van der Waals surface area contributed by atoms with Gasteiger partial charge in [0.25, 0.3) is 5.91 Å². The number of aromatic nitrogens is 1.